The summed E-state index contributed by atoms with van der Waals surface area (Å²) in [6.45, 7) is 1.64. The quantitative estimate of drug-likeness (QED) is 0.332. The molecule has 7 heteroatoms. The molecule has 1 unspecified atom stereocenters. The molecule has 0 aromatic heterocycles. The van der Waals surface area contributed by atoms with Gasteiger partial charge in [0.25, 0.3) is 0 Å². The highest BCUT2D eigenvalue weighted by Crippen LogP contribution is 2.07. The fourth-order valence-electron chi connectivity index (χ4n) is 1.39. The average Bonchev–Trinajstić information content (AvgIpc) is 2.28. The largest absolute Gasteiger partial charge is 0.354 e. The smallest absolute Gasteiger partial charge is 0.173 e. The fourth-order valence-corrected chi connectivity index (χ4v) is 2.29. The lowest BCUT2D eigenvalue weighted by atomic mass is 10.2. The first-order chi connectivity index (χ1) is 7.50. The maximum absolute atomic E-state index is 11.3. The molecule has 98 valence electrons. The average molecular weight is 254 g/mol. The summed E-state index contributed by atoms with van der Waals surface area (Å²) in [6.07, 6.45) is 0.658. The van der Waals surface area contributed by atoms with Crippen molar-refractivity contribution in [3.05, 3.63) is 0 Å². The van der Waals surface area contributed by atoms with Crippen molar-refractivity contribution in [2.45, 2.75) is 32.1 Å². The predicted octanol–water partition coefficient (Wildman–Crippen LogP) is -0.348. The summed E-state index contributed by atoms with van der Waals surface area (Å²) in [5, 5.41) is 0. The van der Waals surface area contributed by atoms with E-state index in [2.05, 4.69) is 5.43 Å². The van der Waals surface area contributed by atoms with E-state index in [9.17, 15) is 8.42 Å². The SMILES string of the molecule is CCS(=O)(=O)CCCC(NN)C(OC)OC. The summed E-state index contributed by atoms with van der Waals surface area (Å²) >= 11 is 0. The maximum Gasteiger partial charge on any atom is 0.173 e. The Morgan fingerprint density at radius 1 is 1.31 bits per heavy atom. The first-order valence-corrected chi connectivity index (χ1v) is 7.05. The van der Waals surface area contributed by atoms with Gasteiger partial charge in [0.2, 0.25) is 0 Å². The van der Waals surface area contributed by atoms with E-state index in [-0.39, 0.29) is 17.5 Å². The number of ether oxygens (including phenoxy) is 2. The van der Waals surface area contributed by atoms with Gasteiger partial charge in [0.15, 0.2) is 6.29 Å². The molecule has 6 nitrogen and oxygen atoms in total. The van der Waals surface area contributed by atoms with Crippen molar-refractivity contribution < 1.29 is 17.9 Å². The van der Waals surface area contributed by atoms with Gasteiger partial charge < -0.3 is 9.47 Å². The van der Waals surface area contributed by atoms with Gasteiger partial charge in [0.1, 0.15) is 9.84 Å². The highest BCUT2D eigenvalue weighted by Gasteiger charge is 2.20. The number of hydrogen-bond donors (Lipinski definition) is 2. The topological polar surface area (TPSA) is 90.7 Å². The van der Waals surface area contributed by atoms with Crippen LogP contribution in [0, 0.1) is 0 Å². The fraction of sp³-hybridized carbons (Fsp3) is 1.00. The van der Waals surface area contributed by atoms with Crippen molar-refractivity contribution in [1.29, 1.82) is 0 Å². The second-order valence-corrected chi connectivity index (χ2v) is 5.96. The first-order valence-electron chi connectivity index (χ1n) is 5.22. The molecule has 0 aliphatic heterocycles. The number of sulfone groups is 1. The molecule has 0 heterocycles. The van der Waals surface area contributed by atoms with Crippen molar-refractivity contribution in [3.63, 3.8) is 0 Å². The normalized spacial score (nSPS) is 14.3. The number of hydrogen-bond acceptors (Lipinski definition) is 6. The third-order valence-corrected chi connectivity index (χ3v) is 4.21. The Hall–Kier alpha value is -0.210. The van der Waals surface area contributed by atoms with Crippen LogP contribution in [0.25, 0.3) is 0 Å². The van der Waals surface area contributed by atoms with Crippen LogP contribution in [0.2, 0.25) is 0 Å². The standard InChI is InChI=1S/C9H22N2O4S/c1-4-16(12,13)7-5-6-8(11-10)9(14-2)15-3/h8-9,11H,4-7,10H2,1-3H3. The molecule has 0 aliphatic carbocycles. The van der Waals surface area contributed by atoms with Crippen molar-refractivity contribution >= 4 is 9.84 Å². The molecule has 1 atom stereocenters. The van der Waals surface area contributed by atoms with Crippen molar-refractivity contribution in [1.82, 2.24) is 5.43 Å². The summed E-state index contributed by atoms with van der Waals surface area (Å²) in [7, 11) is 0.118. The van der Waals surface area contributed by atoms with Gasteiger partial charge in [-0.1, -0.05) is 6.92 Å². The van der Waals surface area contributed by atoms with Crippen LogP contribution in [0.15, 0.2) is 0 Å². The van der Waals surface area contributed by atoms with E-state index in [0.29, 0.717) is 12.8 Å². The molecule has 0 aliphatic rings. The van der Waals surface area contributed by atoms with Crippen LogP contribution in [0.1, 0.15) is 19.8 Å². The molecule has 3 N–H and O–H groups in total. The lowest BCUT2D eigenvalue weighted by Crippen LogP contribution is -2.45. The molecule has 0 rings (SSSR count). The Bertz CT molecular complexity index is 265. The molecular formula is C9H22N2O4S. The van der Waals surface area contributed by atoms with Crippen LogP contribution in [-0.2, 0) is 19.3 Å². The molecule has 0 amide bonds. The molecule has 0 aromatic rings. The summed E-state index contributed by atoms with van der Waals surface area (Å²) in [5.41, 5.74) is 2.56. The molecule has 0 bridgehead atoms. The highest BCUT2D eigenvalue weighted by molar-refractivity contribution is 7.91. The van der Waals surface area contributed by atoms with Gasteiger partial charge in [-0.2, -0.15) is 0 Å². The number of nitrogens with two attached hydrogens (primary N) is 1. The van der Waals surface area contributed by atoms with E-state index in [4.69, 9.17) is 15.3 Å². The zero-order chi connectivity index (χ0) is 12.6. The van der Waals surface area contributed by atoms with Gasteiger partial charge >= 0.3 is 0 Å². The maximum atomic E-state index is 11.3. The van der Waals surface area contributed by atoms with E-state index >= 15 is 0 Å². The molecule has 0 aromatic carbocycles. The van der Waals surface area contributed by atoms with Crippen LogP contribution in [0.3, 0.4) is 0 Å². The Balaban J connectivity index is 4.06. The lowest BCUT2D eigenvalue weighted by Gasteiger charge is -2.23. The molecular weight excluding hydrogens is 232 g/mol. The number of rotatable bonds is 9. The Morgan fingerprint density at radius 3 is 2.25 bits per heavy atom. The third kappa shape index (κ3) is 5.76. The highest BCUT2D eigenvalue weighted by atomic mass is 32.2. The summed E-state index contributed by atoms with van der Waals surface area (Å²) < 4.78 is 32.6. The molecule has 16 heavy (non-hydrogen) atoms. The zero-order valence-corrected chi connectivity index (χ0v) is 10.9. The monoisotopic (exact) mass is 254 g/mol. The van der Waals surface area contributed by atoms with Gasteiger partial charge in [0, 0.05) is 20.0 Å². The Morgan fingerprint density at radius 2 is 1.88 bits per heavy atom. The second kappa shape index (κ2) is 7.97. The van der Waals surface area contributed by atoms with E-state index in [0.717, 1.165) is 0 Å². The van der Waals surface area contributed by atoms with Gasteiger partial charge in [0.05, 0.1) is 11.8 Å². The van der Waals surface area contributed by atoms with Crippen molar-refractivity contribution in [2.75, 3.05) is 25.7 Å². The van der Waals surface area contributed by atoms with E-state index in [1.165, 1.54) is 14.2 Å². The molecule has 0 fully saturated rings. The minimum absolute atomic E-state index is 0.168. The second-order valence-electron chi connectivity index (χ2n) is 3.49. The number of methoxy groups -OCH3 is 2. The summed E-state index contributed by atoms with van der Waals surface area (Å²) in [6, 6.07) is -0.206. The van der Waals surface area contributed by atoms with E-state index in [1.807, 2.05) is 0 Å². The van der Waals surface area contributed by atoms with Gasteiger partial charge in [-0.3, -0.25) is 11.3 Å². The van der Waals surface area contributed by atoms with Crippen LogP contribution in [-0.4, -0.2) is 46.5 Å². The van der Waals surface area contributed by atoms with Crippen LogP contribution in [0.5, 0.6) is 0 Å². The minimum atomic E-state index is -2.91. The van der Waals surface area contributed by atoms with Crippen LogP contribution in [0.4, 0.5) is 0 Å². The Labute approximate surface area is 97.4 Å². The van der Waals surface area contributed by atoms with Gasteiger partial charge in [-0.25, -0.2) is 8.42 Å². The van der Waals surface area contributed by atoms with E-state index < -0.39 is 16.1 Å². The van der Waals surface area contributed by atoms with Crippen LogP contribution >= 0.6 is 0 Å². The predicted molar refractivity (Wildman–Crippen MR) is 62.5 cm³/mol. The molecule has 0 saturated heterocycles. The van der Waals surface area contributed by atoms with Crippen molar-refractivity contribution in [3.8, 4) is 0 Å². The van der Waals surface area contributed by atoms with Gasteiger partial charge in [-0.05, 0) is 12.8 Å². The number of nitrogens with one attached hydrogen (secondary N) is 1. The lowest BCUT2D eigenvalue weighted by molar-refractivity contribution is -0.124. The minimum Gasteiger partial charge on any atom is -0.354 e. The molecule has 0 saturated carbocycles. The third-order valence-electron chi connectivity index (χ3n) is 2.42. The Kier molecular flexibility index (Phi) is 7.86. The summed E-state index contributed by atoms with van der Waals surface area (Å²) in [4.78, 5) is 0. The van der Waals surface area contributed by atoms with E-state index in [1.54, 1.807) is 6.92 Å². The first kappa shape index (κ1) is 15.8. The zero-order valence-electron chi connectivity index (χ0n) is 10.1. The van der Waals surface area contributed by atoms with Crippen molar-refractivity contribution in [2.24, 2.45) is 5.84 Å². The van der Waals surface area contributed by atoms with Crippen LogP contribution < -0.4 is 11.3 Å². The number of hydrazine groups is 1. The molecule has 0 spiro atoms. The molecule has 0 radical (unpaired) electrons. The van der Waals surface area contributed by atoms with Gasteiger partial charge in [-0.15, -0.1) is 0 Å². The summed E-state index contributed by atoms with van der Waals surface area (Å²) in [5.74, 6) is 5.69.